The van der Waals surface area contributed by atoms with Crippen molar-refractivity contribution in [3.05, 3.63) is 69.0 Å². The zero-order chi connectivity index (χ0) is 29.1. The van der Waals surface area contributed by atoms with Crippen molar-refractivity contribution >= 4 is 79.5 Å². The Labute approximate surface area is 251 Å². The molecule has 0 spiro atoms. The molecule has 0 radical (unpaired) electrons. The number of nitrogens with one attached hydrogen (secondary N) is 3. The van der Waals surface area contributed by atoms with Gasteiger partial charge in [0.05, 0.1) is 17.1 Å². The van der Waals surface area contributed by atoms with Crippen molar-refractivity contribution in [3.63, 3.8) is 0 Å². The van der Waals surface area contributed by atoms with Crippen LogP contribution in [-0.2, 0) is 21.2 Å². The number of thiophene rings is 1. The number of nitrogens with zero attached hydrogens (tertiary/aromatic N) is 2. The van der Waals surface area contributed by atoms with Crippen molar-refractivity contribution < 1.29 is 22.8 Å². The standard InChI is InChI=1S/C27H27Cl2N5O5S2/c28-22-16-24(40-25(22)29)41(38,39)32-27(37)31-18-4-7-20(8-5-18)34-23(35)15-17-14-19(6-9-21(17)26(34)36)30-10-13-33-11-2-1-3-12-33/h4-9,14,16,30H,1-3,10-13,15H2,(H2,31,32,37). The van der Waals surface area contributed by atoms with Crippen LogP contribution >= 0.6 is 34.5 Å². The number of piperidine rings is 1. The monoisotopic (exact) mass is 635 g/mol. The van der Waals surface area contributed by atoms with Crippen LogP contribution in [0.15, 0.2) is 52.7 Å². The van der Waals surface area contributed by atoms with Crippen LogP contribution in [0.1, 0.15) is 35.2 Å². The Morgan fingerprint density at radius 3 is 2.34 bits per heavy atom. The summed E-state index contributed by atoms with van der Waals surface area (Å²) in [4.78, 5) is 42.1. The highest BCUT2D eigenvalue weighted by molar-refractivity contribution is 7.92. The van der Waals surface area contributed by atoms with E-state index in [0.717, 1.165) is 54.2 Å². The van der Waals surface area contributed by atoms with Crippen LogP contribution in [0.4, 0.5) is 21.9 Å². The number of carbonyl (C=O) groups excluding carboxylic acids is 3. The van der Waals surface area contributed by atoms with Crippen molar-refractivity contribution in [1.82, 2.24) is 9.62 Å². The van der Waals surface area contributed by atoms with Crippen LogP contribution in [0.25, 0.3) is 0 Å². The van der Waals surface area contributed by atoms with Gasteiger partial charge in [0.2, 0.25) is 5.91 Å². The van der Waals surface area contributed by atoms with Crippen LogP contribution in [0, 0.1) is 0 Å². The summed E-state index contributed by atoms with van der Waals surface area (Å²) in [5, 5.41) is 5.88. The van der Waals surface area contributed by atoms with Crippen molar-refractivity contribution in [1.29, 1.82) is 0 Å². The minimum absolute atomic E-state index is 0.0674. The molecule has 5 rings (SSSR count). The summed E-state index contributed by atoms with van der Waals surface area (Å²) in [7, 11) is -4.18. The fourth-order valence-corrected chi connectivity index (χ4v) is 7.61. The maximum absolute atomic E-state index is 13.3. The van der Waals surface area contributed by atoms with E-state index in [-0.39, 0.29) is 31.6 Å². The number of imide groups is 1. The lowest BCUT2D eigenvalue weighted by molar-refractivity contribution is -0.117. The highest BCUT2D eigenvalue weighted by atomic mass is 35.5. The third-order valence-electron chi connectivity index (χ3n) is 6.83. The molecule has 0 unspecified atom stereocenters. The molecule has 41 heavy (non-hydrogen) atoms. The van der Waals surface area contributed by atoms with E-state index in [4.69, 9.17) is 23.2 Å². The number of rotatable bonds is 8. The average Bonchev–Trinajstić information content (AvgIpc) is 3.28. The molecule has 0 aliphatic carbocycles. The molecule has 216 valence electrons. The Bertz CT molecular complexity index is 1570. The largest absolute Gasteiger partial charge is 0.384 e. The van der Waals surface area contributed by atoms with Gasteiger partial charge in [-0.1, -0.05) is 29.6 Å². The number of halogens is 2. The summed E-state index contributed by atoms with van der Waals surface area (Å²) in [5.41, 5.74) is 2.57. The number of urea groups is 1. The van der Waals surface area contributed by atoms with Gasteiger partial charge >= 0.3 is 6.03 Å². The van der Waals surface area contributed by atoms with E-state index in [1.54, 1.807) is 6.07 Å². The topological polar surface area (TPSA) is 128 Å². The van der Waals surface area contributed by atoms with E-state index in [1.807, 2.05) is 16.9 Å². The molecular formula is C27H27Cl2N5O5S2. The molecule has 10 nitrogen and oxygen atoms in total. The average molecular weight is 637 g/mol. The number of hydrogen-bond acceptors (Lipinski definition) is 8. The van der Waals surface area contributed by atoms with Crippen LogP contribution in [-0.4, -0.2) is 57.3 Å². The molecule has 2 aliphatic heterocycles. The molecule has 4 amide bonds. The third kappa shape index (κ3) is 6.84. The van der Waals surface area contributed by atoms with Crippen molar-refractivity contribution in [2.75, 3.05) is 41.7 Å². The van der Waals surface area contributed by atoms with E-state index < -0.39 is 22.0 Å². The Balaban J connectivity index is 1.20. The number of anilines is 3. The molecule has 0 bridgehead atoms. The summed E-state index contributed by atoms with van der Waals surface area (Å²) in [6.45, 7) is 3.98. The molecule has 0 atom stereocenters. The molecular weight excluding hydrogens is 609 g/mol. The van der Waals surface area contributed by atoms with E-state index >= 15 is 0 Å². The number of amides is 4. The highest BCUT2D eigenvalue weighted by Crippen LogP contribution is 2.34. The first kappa shape index (κ1) is 29.3. The molecule has 3 N–H and O–H groups in total. The van der Waals surface area contributed by atoms with E-state index in [2.05, 4.69) is 15.5 Å². The van der Waals surface area contributed by atoms with Crippen molar-refractivity contribution in [3.8, 4) is 0 Å². The van der Waals surface area contributed by atoms with Gasteiger partial charge in [-0.25, -0.2) is 22.8 Å². The zero-order valence-electron chi connectivity index (χ0n) is 21.8. The van der Waals surface area contributed by atoms with E-state index in [1.165, 1.54) is 43.5 Å². The number of likely N-dealkylation sites (tertiary alicyclic amines) is 1. The molecule has 1 fully saturated rings. The van der Waals surface area contributed by atoms with Crippen molar-refractivity contribution in [2.24, 2.45) is 0 Å². The molecule has 2 aromatic carbocycles. The van der Waals surface area contributed by atoms with Gasteiger partial charge in [-0.15, -0.1) is 11.3 Å². The zero-order valence-corrected chi connectivity index (χ0v) is 24.9. The predicted octanol–water partition coefficient (Wildman–Crippen LogP) is 5.19. The number of benzene rings is 2. The number of fused-ring (bicyclic) bond motifs is 1. The predicted molar refractivity (Wildman–Crippen MR) is 161 cm³/mol. The Morgan fingerprint density at radius 1 is 0.951 bits per heavy atom. The molecule has 1 aromatic heterocycles. The van der Waals surface area contributed by atoms with Gasteiger partial charge in [0.1, 0.15) is 8.55 Å². The van der Waals surface area contributed by atoms with Crippen LogP contribution < -0.4 is 20.3 Å². The lowest BCUT2D eigenvalue weighted by atomic mass is 9.97. The summed E-state index contributed by atoms with van der Waals surface area (Å²) in [5.74, 6) is -0.806. The first-order valence-corrected chi connectivity index (χ1v) is 16.0. The fraction of sp³-hybridized carbons (Fsp3) is 0.296. The smallest absolute Gasteiger partial charge is 0.333 e. The van der Waals surface area contributed by atoms with Crippen LogP contribution in [0.2, 0.25) is 9.36 Å². The normalized spacial score (nSPS) is 15.9. The van der Waals surface area contributed by atoms with Gasteiger partial charge in [0.15, 0.2) is 0 Å². The lowest BCUT2D eigenvalue weighted by Gasteiger charge is -2.28. The maximum Gasteiger partial charge on any atom is 0.333 e. The quantitative estimate of drug-likeness (QED) is 0.291. The van der Waals surface area contributed by atoms with Crippen molar-refractivity contribution in [2.45, 2.75) is 29.9 Å². The molecule has 2 aliphatic rings. The summed E-state index contributed by atoms with van der Waals surface area (Å²) >= 11 is 12.3. The lowest BCUT2D eigenvalue weighted by Crippen LogP contribution is -2.42. The molecule has 1 saturated heterocycles. The molecule has 0 saturated carbocycles. The minimum Gasteiger partial charge on any atom is -0.384 e. The van der Waals surface area contributed by atoms with Crippen LogP contribution in [0.3, 0.4) is 0 Å². The van der Waals surface area contributed by atoms with Gasteiger partial charge in [-0.05, 0) is 80.0 Å². The first-order valence-electron chi connectivity index (χ1n) is 13.0. The summed E-state index contributed by atoms with van der Waals surface area (Å²) in [6.07, 6.45) is 3.84. The van der Waals surface area contributed by atoms with Gasteiger partial charge < -0.3 is 15.5 Å². The second-order valence-corrected chi connectivity index (χ2v) is 13.7. The van der Waals surface area contributed by atoms with Crippen LogP contribution in [0.5, 0.6) is 0 Å². The van der Waals surface area contributed by atoms with Gasteiger partial charge in [0.25, 0.3) is 15.9 Å². The fourth-order valence-electron chi connectivity index (χ4n) is 4.82. The second kappa shape index (κ2) is 12.4. The first-order chi connectivity index (χ1) is 19.6. The van der Waals surface area contributed by atoms with E-state index in [9.17, 15) is 22.8 Å². The SMILES string of the molecule is O=C(Nc1ccc(N2C(=O)Cc3cc(NCCN4CCCCC4)ccc3C2=O)cc1)NS(=O)(=O)c1cc(Cl)c(Cl)s1. The van der Waals surface area contributed by atoms with Gasteiger partial charge in [-0.3, -0.25) is 9.59 Å². The maximum atomic E-state index is 13.3. The number of carbonyl (C=O) groups is 3. The van der Waals surface area contributed by atoms with Gasteiger partial charge in [0, 0.05) is 30.0 Å². The second-order valence-electron chi connectivity index (χ2n) is 9.71. The summed E-state index contributed by atoms with van der Waals surface area (Å²) in [6, 6.07) is 11.5. The molecule has 14 heteroatoms. The summed E-state index contributed by atoms with van der Waals surface area (Å²) < 4.78 is 26.6. The van der Waals surface area contributed by atoms with E-state index in [0.29, 0.717) is 16.8 Å². The Hall–Kier alpha value is -3.16. The Morgan fingerprint density at radius 2 is 1.66 bits per heavy atom. The van der Waals surface area contributed by atoms with Gasteiger partial charge in [-0.2, -0.15) is 0 Å². The third-order valence-corrected chi connectivity index (χ3v) is 10.5. The highest BCUT2D eigenvalue weighted by Gasteiger charge is 2.32. The number of hydrogen-bond donors (Lipinski definition) is 3. The number of sulfonamides is 1. The molecule has 3 aromatic rings. The Kier molecular flexibility index (Phi) is 8.85. The molecule has 3 heterocycles. The minimum atomic E-state index is -4.18.